The summed E-state index contributed by atoms with van der Waals surface area (Å²) in [5.74, 6) is 1.75. The van der Waals surface area contributed by atoms with Gasteiger partial charge in [0.05, 0.1) is 27.4 Å². The summed E-state index contributed by atoms with van der Waals surface area (Å²) in [4.78, 5) is 0. The number of ether oxygens (including phenoxy) is 3. The number of methoxy groups -OCH3 is 3. The van der Waals surface area contributed by atoms with Crippen LogP contribution in [0.15, 0.2) is 18.2 Å². The zero-order valence-electron chi connectivity index (χ0n) is 13.1. The van der Waals surface area contributed by atoms with E-state index in [0.717, 1.165) is 5.56 Å². The van der Waals surface area contributed by atoms with Crippen LogP contribution < -0.4 is 14.2 Å². The van der Waals surface area contributed by atoms with E-state index in [-0.39, 0.29) is 5.41 Å². The summed E-state index contributed by atoms with van der Waals surface area (Å²) in [5, 5.41) is 10.0. The molecule has 1 aromatic carbocycles. The van der Waals surface area contributed by atoms with E-state index in [1.54, 1.807) is 27.4 Å². The molecule has 1 unspecified atom stereocenters. The molecule has 0 bridgehead atoms. The number of hydrogen-bond acceptors (Lipinski definition) is 4. The normalized spacial score (nSPS) is 13.3. The van der Waals surface area contributed by atoms with E-state index in [9.17, 15) is 5.11 Å². The Kier molecular flexibility index (Phi) is 5.45. The summed E-state index contributed by atoms with van der Waals surface area (Å²) in [6, 6.07) is 3.68. The molecule has 0 saturated heterocycles. The fourth-order valence-electron chi connectivity index (χ4n) is 1.69. The third-order valence-electron chi connectivity index (χ3n) is 3.05. The molecule has 1 N–H and O–H groups in total. The Morgan fingerprint density at radius 2 is 1.50 bits per heavy atom. The standard InChI is InChI=1S/C16H24O4/c1-16(2,3)14(17)8-7-11-9-12(18-4)15(20-6)13(10-11)19-5/h7-10,14,17H,1-6H3. The van der Waals surface area contributed by atoms with Crippen molar-refractivity contribution in [3.63, 3.8) is 0 Å². The predicted molar refractivity (Wildman–Crippen MR) is 80.6 cm³/mol. The van der Waals surface area contributed by atoms with Crippen molar-refractivity contribution >= 4 is 6.08 Å². The summed E-state index contributed by atoms with van der Waals surface area (Å²) in [5.41, 5.74) is 0.680. The van der Waals surface area contributed by atoms with Crippen LogP contribution in [0.2, 0.25) is 0 Å². The minimum atomic E-state index is -0.526. The first kappa shape index (κ1) is 16.4. The number of benzene rings is 1. The molecule has 4 nitrogen and oxygen atoms in total. The van der Waals surface area contributed by atoms with Crippen molar-refractivity contribution in [3.8, 4) is 17.2 Å². The van der Waals surface area contributed by atoms with Gasteiger partial charge in [0.2, 0.25) is 5.75 Å². The lowest BCUT2D eigenvalue weighted by Gasteiger charge is -2.22. The van der Waals surface area contributed by atoms with Crippen LogP contribution in [0.25, 0.3) is 6.08 Å². The second-order valence-electron chi connectivity index (χ2n) is 5.63. The van der Waals surface area contributed by atoms with Crippen molar-refractivity contribution in [2.75, 3.05) is 21.3 Å². The van der Waals surface area contributed by atoms with Gasteiger partial charge in [-0.15, -0.1) is 0 Å². The first-order valence-corrected chi connectivity index (χ1v) is 6.49. The molecule has 0 aliphatic carbocycles. The second-order valence-corrected chi connectivity index (χ2v) is 5.63. The van der Waals surface area contributed by atoms with Gasteiger partial charge in [-0.05, 0) is 23.1 Å². The van der Waals surface area contributed by atoms with Crippen LogP contribution in [0, 0.1) is 5.41 Å². The predicted octanol–water partition coefficient (Wildman–Crippen LogP) is 3.13. The second kappa shape index (κ2) is 6.66. The Balaban J connectivity index is 3.11. The average molecular weight is 280 g/mol. The van der Waals surface area contributed by atoms with Gasteiger partial charge in [-0.1, -0.05) is 32.9 Å². The summed E-state index contributed by atoms with van der Waals surface area (Å²) in [6.45, 7) is 5.95. The molecular formula is C16H24O4. The average Bonchev–Trinajstić information content (AvgIpc) is 2.42. The highest BCUT2D eigenvalue weighted by Gasteiger charge is 2.19. The smallest absolute Gasteiger partial charge is 0.203 e. The van der Waals surface area contributed by atoms with Crippen LogP contribution in [0.5, 0.6) is 17.2 Å². The first-order chi connectivity index (χ1) is 9.33. The molecule has 20 heavy (non-hydrogen) atoms. The lowest BCUT2D eigenvalue weighted by atomic mass is 9.89. The van der Waals surface area contributed by atoms with Crippen LogP contribution in [0.4, 0.5) is 0 Å². The van der Waals surface area contributed by atoms with Crippen LogP contribution >= 0.6 is 0 Å². The summed E-state index contributed by atoms with van der Waals surface area (Å²) >= 11 is 0. The molecule has 0 radical (unpaired) electrons. The molecule has 0 amide bonds. The number of aliphatic hydroxyl groups is 1. The molecule has 0 spiro atoms. The topological polar surface area (TPSA) is 47.9 Å². The van der Waals surface area contributed by atoms with E-state index in [2.05, 4.69) is 0 Å². The van der Waals surface area contributed by atoms with Crippen LogP contribution in [-0.2, 0) is 0 Å². The molecule has 4 heteroatoms. The molecule has 1 rings (SSSR count). The molecule has 0 heterocycles. The van der Waals surface area contributed by atoms with E-state index in [1.807, 2.05) is 39.0 Å². The van der Waals surface area contributed by atoms with Crippen LogP contribution in [-0.4, -0.2) is 32.5 Å². The molecule has 0 saturated carbocycles. The SMILES string of the molecule is COc1cc(C=CC(O)C(C)(C)C)cc(OC)c1OC. The highest BCUT2D eigenvalue weighted by molar-refractivity contribution is 5.62. The van der Waals surface area contributed by atoms with E-state index in [4.69, 9.17) is 14.2 Å². The maximum Gasteiger partial charge on any atom is 0.203 e. The van der Waals surface area contributed by atoms with Crippen molar-refractivity contribution in [2.24, 2.45) is 5.41 Å². The molecule has 112 valence electrons. The molecule has 0 aromatic heterocycles. The molecule has 0 aliphatic heterocycles. The van der Waals surface area contributed by atoms with Gasteiger partial charge in [0.25, 0.3) is 0 Å². The summed E-state index contributed by atoms with van der Waals surface area (Å²) in [6.07, 6.45) is 3.09. The maximum absolute atomic E-state index is 10.0. The quantitative estimate of drug-likeness (QED) is 0.900. The van der Waals surface area contributed by atoms with Crippen LogP contribution in [0.1, 0.15) is 26.3 Å². The van der Waals surface area contributed by atoms with Gasteiger partial charge in [0.1, 0.15) is 0 Å². The van der Waals surface area contributed by atoms with Gasteiger partial charge >= 0.3 is 0 Å². The molecule has 1 aromatic rings. The monoisotopic (exact) mass is 280 g/mol. The van der Waals surface area contributed by atoms with Gasteiger partial charge in [0, 0.05) is 0 Å². The molecule has 0 fully saturated rings. The first-order valence-electron chi connectivity index (χ1n) is 6.49. The Morgan fingerprint density at radius 3 is 1.85 bits per heavy atom. The zero-order chi connectivity index (χ0) is 15.3. The molecule has 0 aliphatic rings. The van der Waals surface area contributed by atoms with E-state index < -0.39 is 6.10 Å². The van der Waals surface area contributed by atoms with E-state index in [1.165, 1.54) is 0 Å². The van der Waals surface area contributed by atoms with Gasteiger partial charge < -0.3 is 19.3 Å². The van der Waals surface area contributed by atoms with Crippen molar-refractivity contribution in [3.05, 3.63) is 23.8 Å². The lowest BCUT2D eigenvalue weighted by molar-refractivity contribution is 0.106. The Hall–Kier alpha value is -1.68. The minimum Gasteiger partial charge on any atom is -0.493 e. The Bertz CT molecular complexity index is 447. The molecule has 1 atom stereocenters. The Morgan fingerprint density at radius 1 is 1.00 bits per heavy atom. The summed E-state index contributed by atoms with van der Waals surface area (Å²) in [7, 11) is 4.73. The third kappa shape index (κ3) is 3.90. The number of rotatable bonds is 5. The Labute approximate surface area is 121 Å². The highest BCUT2D eigenvalue weighted by atomic mass is 16.5. The fourth-order valence-corrected chi connectivity index (χ4v) is 1.69. The van der Waals surface area contributed by atoms with E-state index in [0.29, 0.717) is 17.2 Å². The van der Waals surface area contributed by atoms with Gasteiger partial charge in [-0.3, -0.25) is 0 Å². The van der Waals surface area contributed by atoms with Crippen molar-refractivity contribution < 1.29 is 19.3 Å². The fraction of sp³-hybridized carbons (Fsp3) is 0.500. The minimum absolute atomic E-state index is 0.197. The lowest BCUT2D eigenvalue weighted by Crippen LogP contribution is -2.23. The van der Waals surface area contributed by atoms with Crippen molar-refractivity contribution in [2.45, 2.75) is 26.9 Å². The van der Waals surface area contributed by atoms with Gasteiger partial charge in [0.15, 0.2) is 11.5 Å². The summed E-state index contributed by atoms with van der Waals surface area (Å²) < 4.78 is 15.9. The highest BCUT2D eigenvalue weighted by Crippen LogP contribution is 2.38. The van der Waals surface area contributed by atoms with Crippen LogP contribution in [0.3, 0.4) is 0 Å². The van der Waals surface area contributed by atoms with E-state index >= 15 is 0 Å². The van der Waals surface area contributed by atoms with Crippen molar-refractivity contribution in [1.82, 2.24) is 0 Å². The van der Waals surface area contributed by atoms with Crippen molar-refractivity contribution in [1.29, 1.82) is 0 Å². The third-order valence-corrected chi connectivity index (χ3v) is 3.05. The molecular weight excluding hydrogens is 256 g/mol. The maximum atomic E-state index is 10.0. The number of aliphatic hydroxyl groups excluding tert-OH is 1. The zero-order valence-corrected chi connectivity index (χ0v) is 13.1. The van der Waals surface area contributed by atoms with Gasteiger partial charge in [-0.25, -0.2) is 0 Å². The number of hydrogen-bond donors (Lipinski definition) is 1. The largest absolute Gasteiger partial charge is 0.493 e. The van der Waals surface area contributed by atoms with Gasteiger partial charge in [-0.2, -0.15) is 0 Å².